The van der Waals surface area contributed by atoms with Gasteiger partial charge in [0.15, 0.2) is 0 Å². The Morgan fingerprint density at radius 2 is 1.73 bits per heavy atom. The van der Waals surface area contributed by atoms with Crippen LogP contribution in [0.4, 0.5) is 0 Å². The van der Waals surface area contributed by atoms with Crippen LogP contribution in [0.3, 0.4) is 0 Å². The van der Waals surface area contributed by atoms with Crippen LogP contribution in [0.25, 0.3) is 0 Å². The van der Waals surface area contributed by atoms with Gasteiger partial charge < -0.3 is 5.11 Å². The first-order valence-corrected chi connectivity index (χ1v) is 5.42. The number of carboxylic acids is 1. The topological polar surface area (TPSA) is 37.3 Å². The lowest BCUT2D eigenvalue weighted by molar-refractivity contribution is -0.131. The predicted molar refractivity (Wildman–Crippen MR) is 63.8 cm³/mol. The second-order valence-electron chi connectivity index (χ2n) is 3.37. The molecule has 1 N–H and O–H groups in total. The first kappa shape index (κ1) is 13.7. The molecule has 0 aliphatic carbocycles. The zero-order valence-corrected chi connectivity index (χ0v) is 9.19. The van der Waals surface area contributed by atoms with Gasteiger partial charge in [0.25, 0.3) is 0 Å². The SMILES string of the molecule is C=CCC=CCCCCCC=CC(=O)O. The summed E-state index contributed by atoms with van der Waals surface area (Å²) in [6, 6.07) is 0. The highest BCUT2D eigenvalue weighted by molar-refractivity contribution is 5.79. The third kappa shape index (κ3) is 12.7. The van der Waals surface area contributed by atoms with Crippen molar-refractivity contribution >= 4 is 5.97 Å². The average Bonchev–Trinajstić information content (AvgIpc) is 2.20. The maximum absolute atomic E-state index is 10.1. The fraction of sp³-hybridized carbons (Fsp3) is 0.462. The number of carboxylic acid groups (broad SMARTS) is 1. The van der Waals surface area contributed by atoms with Crippen molar-refractivity contribution in [2.24, 2.45) is 0 Å². The summed E-state index contributed by atoms with van der Waals surface area (Å²) in [5.74, 6) is -0.859. The molecule has 0 rings (SSSR count). The summed E-state index contributed by atoms with van der Waals surface area (Å²) in [4.78, 5) is 10.1. The van der Waals surface area contributed by atoms with Gasteiger partial charge in [-0.25, -0.2) is 4.79 Å². The van der Waals surface area contributed by atoms with E-state index in [4.69, 9.17) is 5.11 Å². The molecule has 15 heavy (non-hydrogen) atoms. The largest absolute Gasteiger partial charge is 0.478 e. The van der Waals surface area contributed by atoms with Crippen molar-refractivity contribution < 1.29 is 9.90 Å². The number of carbonyl (C=O) groups is 1. The molecule has 0 fully saturated rings. The van der Waals surface area contributed by atoms with Gasteiger partial charge in [0.2, 0.25) is 0 Å². The Morgan fingerprint density at radius 1 is 1.07 bits per heavy atom. The predicted octanol–water partition coefficient (Wildman–Crippen LogP) is 3.71. The molecule has 2 nitrogen and oxygen atoms in total. The maximum atomic E-state index is 10.1. The minimum Gasteiger partial charge on any atom is -0.478 e. The molecule has 0 aromatic heterocycles. The van der Waals surface area contributed by atoms with Crippen LogP contribution in [0, 0.1) is 0 Å². The fourth-order valence-electron chi connectivity index (χ4n) is 1.20. The highest BCUT2D eigenvalue weighted by Crippen LogP contribution is 2.04. The second-order valence-corrected chi connectivity index (χ2v) is 3.37. The van der Waals surface area contributed by atoms with Gasteiger partial charge >= 0.3 is 5.97 Å². The van der Waals surface area contributed by atoms with E-state index in [-0.39, 0.29) is 0 Å². The van der Waals surface area contributed by atoms with Crippen molar-refractivity contribution in [3.8, 4) is 0 Å². The second kappa shape index (κ2) is 10.8. The van der Waals surface area contributed by atoms with Crippen LogP contribution >= 0.6 is 0 Å². The summed E-state index contributed by atoms with van der Waals surface area (Å²) in [6.45, 7) is 3.64. The molecular formula is C13H20O2. The lowest BCUT2D eigenvalue weighted by Gasteiger charge is -1.94. The molecule has 0 aliphatic rings. The molecule has 0 atom stereocenters. The molecule has 0 saturated heterocycles. The first-order chi connectivity index (χ1) is 7.27. The van der Waals surface area contributed by atoms with Gasteiger partial charge in [-0.15, -0.1) is 6.58 Å². The van der Waals surface area contributed by atoms with Crippen molar-refractivity contribution in [2.45, 2.75) is 38.5 Å². The van der Waals surface area contributed by atoms with Crippen LogP contribution in [0.15, 0.2) is 37.0 Å². The van der Waals surface area contributed by atoms with Gasteiger partial charge in [-0.1, -0.05) is 30.7 Å². The molecule has 0 spiro atoms. The smallest absolute Gasteiger partial charge is 0.327 e. The van der Waals surface area contributed by atoms with Crippen LogP contribution in [0.5, 0.6) is 0 Å². The quantitative estimate of drug-likeness (QED) is 0.356. The molecule has 0 aromatic carbocycles. The maximum Gasteiger partial charge on any atom is 0.327 e. The van der Waals surface area contributed by atoms with Crippen molar-refractivity contribution in [3.05, 3.63) is 37.0 Å². The third-order valence-electron chi connectivity index (χ3n) is 1.97. The van der Waals surface area contributed by atoms with E-state index in [1.54, 1.807) is 6.08 Å². The summed E-state index contributed by atoms with van der Waals surface area (Å²) >= 11 is 0. The molecular weight excluding hydrogens is 188 g/mol. The van der Waals surface area contributed by atoms with E-state index < -0.39 is 5.97 Å². The van der Waals surface area contributed by atoms with Crippen molar-refractivity contribution in [1.29, 1.82) is 0 Å². The van der Waals surface area contributed by atoms with Crippen LogP contribution in [0.2, 0.25) is 0 Å². The van der Waals surface area contributed by atoms with Gasteiger partial charge in [0, 0.05) is 6.08 Å². The molecule has 0 amide bonds. The van der Waals surface area contributed by atoms with Crippen molar-refractivity contribution in [3.63, 3.8) is 0 Å². The number of hydrogen-bond donors (Lipinski definition) is 1. The average molecular weight is 208 g/mol. The van der Waals surface area contributed by atoms with E-state index in [2.05, 4.69) is 18.7 Å². The van der Waals surface area contributed by atoms with Crippen molar-refractivity contribution in [1.82, 2.24) is 0 Å². The van der Waals surface area contributed by atoms with E-state index >= 15 is 0 Å². The van der Waals surface area contributed by atoms with Gasteiger partial charge in [-0.2, -0.15) is 0 Å². The first-order valence-electron chi connectivity index (χ1n) is 5.42. The van der Waals surface area contributed by atoms with E-state index in [0.717, 1.165) is 32.1 Å². The Morgan fingerprint density at radius 3 is 2.33 bits per heavy atom. The summed E-state index contributed by atoms with van der Waals surface area (Å²) < 4.78 is 0. The van der Waals surface area contributed by atoms with E-state index in [0.29, 0.717) is 0 Å². The Bertz CT molecular complexity index is 227. The molecule has 84 valence electrons. The standard InChI is InChI=1S/C13H20O2/c1-2-3-4-5-6-7-8-9-10-11-12-13(14)15/h2,4-5,11-12H,1,3,6-10H2,(H,14,15). The molecule has 0 saturated carbocycles. The Hall–Kier alpha value is -1.31. The van der Waals surface area contributed by atoms with Crippen LogP contribution in [0.1, 0.15) is 38.5 Å². The molecule has 0 unspecified atom stereocenters. The molecule has 0 aliphatic heterocycles. The molecule has 0 aromatic rings. The molecule has 0 bridgehead atoms. The monoisotopic (exact) mass is 208 g/mol. The normalized spacial score (nSPS) is 11.2. The van der Waals surface area contributed by atoms with Crippen LogP contribution in [-0.4, -0.2) is 11.1 Å². The highest BCUT2D eigenvalue weighted by atomic mass is 16.4. The number of hydrogen-bond acceptors (Lipinski definition) is 1. The van der Waals surface area contributed by atoms with Gasteiger partial charge in [0.1, 0.15) is 0 Å². The molecule has 0 heterocycles. The highest BCUT2D eigenvalue weighted by Gasteiger charge is 1.87. The van der Waals surface area contributed by atoms with Gasteiger partial charge in [0.05, 0.1) is 0 Å². The third-order valence-corrected chi connectivity index (χ3v) is 1.97. The molecule has 0 radical (unpaired) electrons. The number of unbranched alkanes of at least 4 members (excludes halogenated alkanes) is 4. The Labute approximate surface area is 92.0 Å². The molecule has 2 heteroatoms. The lowest BCUT2D eigenvalue weighted by atomic mass is 10.1. The summed E-state index contributed by atoms with van der Waals surface area (Å²) in [7, 11) is 0. The van der Waals surface area contributed by atoms with Crippen LogP contribution < -0.4 is 0 Å². The van der Waals surface area contributed by atoms with E-state index in [1.807, 2.05) is 6.08 Å². The van der Waals surface area contributed by atoms with Gasteiger partial charge in [-0.05, 0) is 32.1 Å². The summed E-state index contributed by atoms with van der Waals surface area (Å²) in [5.41, 5.74) is 0. The minimum absolute atomic E-state index is 0.859. The summed E-state index contributed by atoms with van der Waals surface area (Å²) in [5, 5.41) is 8.33. The zero-order chi connectivity index (χ0) is 11.4. The van der Waals surface area contributed by atoms with Gasteiger partial charge in [-0.3, -0.25) is 0 Å². The van der Waals surface area contributed by atoms with Crippen molar-refractivity contribution in [2.75, 3.05) is 0 Å². The van der Waals surface area contributed by atoms with Crippen LogP contribution in [-0.2, 0) is 4.79 Å². The minimum atomic E-state index is -0.859. The zero-order valence-electron chi connectivity index (χ0n) is 9.19. The fourth-order valence-corrected chi connectivity index (χ4v) is 1.20. The van der Waals surface area contributed by atoms with E-state index in [9.17, 15) is 4.79 Å². The number of aliphatic carboxylic acids is 1. The lowest BCUT2D eigenvalue weighted by Crippen LogP contribution is -1.85. The number of rotatable bonds is 9. The number of allylic oxidation sites excluding steroid dienone is 4. The van der Waals surface area contributed by atoms with E-state index in [1.165, 1.54) is 12.5 Å². The Kier molecular flexibility index (Phi) is 9.83. The Balaban J connectivity index is 3.18. The summed E-state index contributed by atoms with van der Waals surface area (Å²) in [6.07, 6.45) is 15.4.